The molecule has 1 aliphatic heterocycles. The maximum Gasteiger partial charge on any atom is 0.155 e. The number of thiazole rings is 2. The van der Waals surface area contributed by atoms with E-state index in [0.29, 0.717) is 5.92 Å². The molecule has 128 valence electrons. The van der Waals surface area contributed by atoms with Gasteiger partial charge in [0.2, 0.25) is 0 Å². The fourth-order valence-electron chi connectivity index (χ4n) is 3.58. The van der Waals surface area contributed by atoms with Gasteiger partial charge in [0, 0.05) is 30.1 Å². The topological polar surface area (TPSA) is 55.6 Å². The molecule has 0 atom stereocenters. The van der Waals surface area contributed by atoms with E-state index in [9.17, 15) is 0 Å². The Morgan fingerprint density at radius 3 is 2.72 bits per heavy atom. The fourth-order valence-corrected chi connectivity index (χ4v) is 5.78. The summed E-state index contributed by atoms with van der Waals surface area (Å²) in [5.74, 6) is 0.602. The predicted molar refractivity (Wildman–Crippen MR) is 105 cm³/mol. The molecule has 4 aromatic rings. The summed E-state index contributed by atoms with van der Waals surface area (Å²) in [5.41, 5.74) is 3.42. The number of hydrogen-bond donors (Lipinski definition) is 1. The molecule has 5 nitrogen and oxygen atoms in total. The van der Waals surface area contributed by atoms with Gasteiger partial charge >= 0.3 is 0 Å². The van der Waals surface area contributed by atoms with E-state index in [4.69, 9.17) is 9.97 Å². The standard InChI is InChI=1S/C18H19N5S2/c1-10-7-12(8-13-9-23(2)22-14(10)13)16-21-18-17(25-16)20-15(24-18)11-3-5-19-6-4-11/h7-9,11,19H,3-6H2,1-2H3. The first-order valence-electron chi connectivity index (χ1n) is 8.60. The molecule has 1 saturated heterocycles. The molecule has 0 radical (unpaired) electrons. The summed E-state index contributed by atoms with van der Waals surface area (Å²) in [5, 5.41) is 11.4. The molecule has 0 aliphatic carbocycles. The zero-order chi connectivity index (χ0) is 17.0. The van der Waals surface area contributed by atoms with Crippen molar-refractivity contribution in [2.45, 2.75) is 25.7 Å². The van der Waals surface area contributed by atoms with Crippen LogP contribution in [0, 0.1) is 6.92 Å². The number of nitrogens with one attached hydrogen (secondary N) is 1. The molecule has 0 amide bonds. The lowest BCUT2D eigenvalue weighted by Gasteiger charge is -2.20. The highest BCUT2D eigenvalue weighted by molar-refractivity contribution is 7.28. The van der Waals surface area contributed by atoms with Gasteiger partial charge in [-0.15, -0.1) is 0 Å². The predicted octanol–water partition coefficient (Wildman–Crippen LogP) is 4.08. The Labute approximate surface area is 153 Å². The van der Waals surface area contributed by atoms with Crippen LogP contribution in [0.2, 0.25) is 0 Å². The van der Waals surface area contributed by atoms with Crippen molar-refractivity contribution in [2.75, 3.05) is 13.1 Å². The molecule has 1 aliphatic rings. The van der Waals surface area contributed by atoms with Crippen molar-refractivity contribution >= 4 is 43.2 Å². The zero-order valence-electron chi connectivity index (χ0n) is 14.2. The van der Waals surface area contributed by atoms with Crippen LogP contribution in [0.4, 0.5) is 0 Å². The molecule has 1 aromatic carbocycles. The van der Waals surface area contributed by atoms with Gasteiger partial charge in [-0.2, -0.15) is 5.10 Å². The van der Waals surface area contributed by atoms with Crippen molar-refractivity contribution < 1.29 is 0 Å². The Bertz CT molecular complexity index is 1040. The fraction of sp³-hybridized carbons (Fsp3) is 0.389. The minimum atomic E-state index is 0.602. The Kier molecular flexibility index (Phi) is 3.62. The van der Waals surface area contributed by atoms with Crippen LogP contribution in [-0.4, -0.2) is 32.8 Å². The van der Waals surface area contributed by atoms with Crippen molar-refractivity contribution in [1.29, 1.82) is 0 Å². The van der Waals surface area contributed by atoms with Gasteiger partial charge in [0.15, 0.2) is 9.66 Å². The third kappa shape index (κ3) is 2.67. The number of fused-ring (bicyclic) bond motifs is 2. The van der Waals surface area contributed by atoms with Gasteiger partial charge in [0.05, 0.1) is 10.5 Å². The monoisotopic (exact) mass is 369 g/mol. The highest BCUT2D eigenvalue weighted by Gasteiger charge is 2.21. The molecular formula is C18H19N5S2. The van der Waals surface area contributed by atoms with E-state index in [1.54, 1.807) is 22.7 Å². The Balaban J connectivity index is 1.53. The maximum absolute atomic E-state index is 4.90. The van der Waals surface area contributed by atoms with Gasteiger partial charge in [-0.05, 0) is 50.6 Å². The maximum atomic E-state index is 4.90. The van der Waals surface area contributed by atoms with Crippen LogP contribution in [0.3, 0.4) is 0 Å². The smallest absolute Gasteiger partial charge is 0.155 e. The van der Waals surface area contributed by atoms with E-state index in [0.717, 1.165) is 38.8 Å². The van der Waals surface area contributed by atoms with Crippen LogP contribution in [0.25, 0.3) is 31.1 Å². The molecule has 3 aromatic heterocycles. The summed E-state index contributed by atoms with van der Waals surface area (Å²) < 4.78 is 1.87. The second kappa shape index (κ2) is 5.86. The molecule has 0 saturated carbocycles. The first kappa shape index (κ1) is 15.4. The third-order valence-electron chi connectivity index (χ3n) is 4.84. The Hall–Kier alpha value is -1.83. The lowest BCUT2D eigenvalue weighted by Crippen LogP contribution is -2.26. The van der Waals surface area contributed by atoms with Crippen LogP contribution in [-0.2, 0) is 7.05 Å². The second-order valence-corrected chi connectivity index (χ2v) is 8.73. The average molecular weight is 370 g/mol. The highest BCUT2D eigenvalue weighted by Crippen LogP contribution is 2.38. The number of piperidine rings is 1. The van der Waals surface area contributed by atoms with Crippen LogP contribution < -0.4 is 5.32 Å². The van der Waals surface area contributed by atoms with Gasteiger partial charge in [-0.3, -0.25) is 4.68 Å². The molecule has 0 unspecified atom stereocenters. The van der Waals surface area contributed by atoms with E-state index >= 15 is 0 Å². The van der Waals surface area contributed by atoms with Gasteiger partial charge in [-0.1, -0.05) is 22.7 Å². The molecular weight excluding hydrogens is 350 g/mol. The number of benzene rings is 1. The first-order chi connectivity index (χ1) is 12.2. The number of nitrogens with zero attached hydrogens (tertiary/aromatic N) is 4. The van der Waals surface area contributed by atoms with E-state index in [1.165, 1.54) is 28.8 Å². The summed E-state index contributed by atoms with van der Waals surface area (Å²) >= 11 is 3.48. The lowest BCUT2D eigenvalue weighted by atomic mass is 9.99. The SMILES string of the molecule is Cc1cc(-c2nc3sc(C4CCNCC4)nc3s2)cc2cn(C)nc12. The minimum Gasteiger partial charge on any atom is -0.317 e. The van der Waals surface area contributed by atoms with Gasteiger partial charge < -0.3 is 5.32 Å². The number of rotatable bonds is 2. The van der Waals surface area contributed by atoms with Crippen molar-refractivity contribution in [3.8, 4) is 10.6 Å². The van der Waals surface area contributed by atoms with E-state index < -0.39 is 0 Å². The van der Waals surface area contributed by atoms with Gasteiger partial charge in [-0.25, -0.2) is 9.97 Å². The molecule has 1 fully saturated rings. The van der Waals surface area contributed by atoms with E-state index in [2.05, 4.69) is 35.7 Å². The minimum absolute atomic E-state index is 0.602. The first-order valence-corrected chi connectivity index (χ1v) is 10.2. The van der Waals surface area contributed by atoms with Crippen molar-refractivity contribution in [1.82, 2.24) is 25.1 Å². The second-order valence-electron chi connectivity index (χ2n) is 6.74. The highest BCUT2D eigenvalue weighted by atomic mass is 32.1. The summed E-state index contributed by atoms with van der Waals surface area (Å²) in [4.78, 5) is 11.9. The lowest BCUT2D eigenvalue weighted by molar-refractivity contribution is 0.459. The number of aryl methyl sites for hydroxylation is 2. The summed E-state index contributed by atoms with van der Waals surface area (Å²) in [6.45, 7) is 4.31. The van der Waals surface area contributed by atoms with Crippen molar-refractivity contribution in [3.63, 3.8) is 0 Å². The van der Waals surface area contributed by atoms with Crippen molar-refractivity contribution in [2.24, 2.45) is 7.05 Å². The summed E-state index contributed by atoms with van der Waals surface area (Å²) in [6, 6.07) is 4.37. The number of hydrogen-bond acceptors (Lipinski definition) is 6. The zero-order valence-corrected chi connectivity index (χ0v) is 15.9. The van der Waals surface area contributed by atoms with Crippen LogP contribution >= 0.6 is 22.7 Å². The van der Waals surface area contributed by atoms with Crippen LogP contribution in [0.5, 0.6) is 0 Å². The van der Waals surface area contributed by atoms with Crippen LogP contribution in [0.15, 0.2) is 18.3 Å². The molecule has 25 heavy (non-hydrogen) atoms. The van der Waals surface area contributed by atoms with Gasteiger partial charge in [0.1, 0.15) is 5.01 Å². The largest absolute Gasteiger partial charge is 0.317 e. The normalized spacial score (nSPS) is 16.2. The molecule has 0 spiro atoms. The molecule has 0 bridgehead atoms. The third-order valence-corrected chi connectivity index (χ3v) is 7.08. The Morgan fingerprint density at radius 1 is 1.12 bits per heavy atom. The summed E-state index contributed by atoms with van der Waals surface area (Å²) in [6.07, 6.45) is 4.43. The number of aromatic nitrogens is 4. The van der Waals surface area contributed by atoms with E-state index in [-0.39, 0.29) is 0 Å². The molecule has 4 heterocycles. The van der Waals surface area contributed by atoms with Gasteiger partial charge in [0.25, 0.3) is 0 Å². The summed E-state index contributed by atoms with van der Waals surface area (Å²) in [7, 11) is 1.96. The quantitative estimate of drug-likeness (QED) is 0.578. The van der Waals surface area contributed by atoms with Crippen LogP contribution in [0.1, 0.15) is 29.3 Å². The average Bonchev–Trinajstić information content (AvgIpc) is 3.27. The molecule has 1 N–H and O–H groups in total. The Morgan fingerprint density at radius 2 is 1.92 bits per heavy atom. The molecule has 7 heteroatoms. The van der Waals surface area contributed by atoms with Crippen molar-refractivity contribution in [3.05, 3.63) is 28.9 Å². The van der Waals surface area contributed by atoms with E-state index in [1.807, 2.05) is 11.7 Å². The molecule has 5 rings (SSSR count).